The van der Waals surface area contributed by atoms with Gasteiger partial charge in [-0.3, -0.25) is 4.98 Å². The van der Waals surface area contributed by atoms with Crippen LogP contribution in [0.4, 0.5) is 0 Å². The lowest BCUT2D eigenvalue weighted by Gasteiger charge is -2.07. The van der Waals surface area contributed by atoms with Crippen molar-refractivity contribution in [1.29, 1.82) is 0 Å². The summed E-state index contributed by atoms with van der Waals surface area (Å²) in [6, 6.07) is 24.3. The van der Waals surface area contributed by atoms with Crippen LogP contribution in [0.3, 0.4) is 0 Å². The maximum absolute atomic E-state index is 6.26. The van der Waals surface area contributed by atoms with Gasteiger partial charge in [0.05, 0.1) is 16.7 Å². The van der Waals surface area contributed by atoms with Crippen LogP contribution in [0.2, 0.25) is 5.02 Å². The van der Waals surface area contributed by atoms with Gasteiger partial charge in [-0.25, -0.2) is 4.68 Å². The smallest absolute Gasteiger partial charge is 0.102 e. The van der Waals surface area contributed by atoms with Crippen LogP contribution in [0, 0.1) is 6.92 Å². The molecule has 5 rings (SSSR count). The Morgan fingerprint density at radius 3 is 2.52 bits per heavy atom. The molecule has 3 aromatic carbocycles. The summed E-state index contributed by atoms with van der Waals surface area (Å²) in [5.41, 5.74) is 6.11. The van der Waals surface area contributed by atoms with Crippen LogP contribution in [-0.2, 0) is 0 Å². The lowest BCUT2D eigenvalue weighted by molar-refractivity contribution is 0.918. The summed E-state index contributed by atoms with van der Waals surface area (Å²) in [6.07, 6.45) is 1.92. The van der Waals surface area contributed by atoms with E-state index >= 15 is 0 Å². The summed E-state index contributed by atoms with van der Waals surface area (Å²) >= 11 is 6.26. The predicted octanol–water partition coefficient (Wildman–Crippen LogP) is 6.20. The molecule has 0 fully saturated rings. The second-order valence-corrected chi connectivity index (χ2v) is 7.08. The molecule has 2 heterocycles. The first kappa shape index (κ1) is 16.0. The minimum Gasteiger partial charge on any atom is -0.255 e. The number of halogens is 1. The van der Waals surface area contributed by atoms with Crippen molar-refractivity contribution in [3.63, 3.8) is 0 Å². The SMILES string of the molecule is Cc1ccc2c(c1)ncc1c(-c3ccccc3)nn(-c3cccc(Cl)c3)c12. The number of hydrogen-bond donors (Lipinski definition) is 0. The highest BCUT2D eigenvalue weighted by atomic mass is 35.5. The number of hydrogen-bond acceptors (Lipinski definition) is 2. The van der Waals surface area contributed by atoms with Gasteiger partial charge < -0.3 is 0 Å². The highest BCUT2D eigenvalue weighted by Gasteiger charge is 2.17. The van der Waals surface area contributed by atoms with Crippen molar-refractivity contribution in [3.05, 3.63) is 89.6 Å². The molecule has 0 bridgehead atoms. The zero-order valence-electron chi connectivity index (χ0n) is 14.7. The molecule has 0 unspecified atom stereocenters. The molecule has 0 spiro atoms. The Hall–Kier alpha value is -3.17. The molecular weight excluding hydrogens is 354 g/mol. The third-order valence-electron chi connectivity index (χ3n) is 4.76. The Morgan fingerprint density at radius 2 is 1.70 bits per heavy atom. The third kappa shape index (κ3) is 2.68. The molecule has 3 nitrogen and oxygen atoms in total. The number of fused-ring (bicyclic) bond motifs is 3. The monoisotopic (exact) mass is 369 g/mol. The molecule has 4 heteroatoms. The molecule has 0 saturated carbocycles. The van der Waals surface area contributed by atoms with E-state index in [1.807, 2.05) is 53.3 Å². The first-order valence-corrected chi connectivity index (χ1v) is 9.18. The average Bonchev–Trinajstić information content (AvgIpc) is 3.08. The van der Waals surface area contributed by atoms with Gasteiger partial charge in [-0.15, -0.1) is 0 Å². The van der Waals surface area contributed by atoms with E-state index < -0.39 is 0 Å². The maximum atomic E-state index is 6.26. The molecule has 0 aliphatic rings. The van der Waals surface area contributed by atoms with E-state index in [1.54, 1.807) is 0 Å². The Labute approximate surface area is 161 Å². The Balaban J connectivity index is 1.92. The highest BCUT2D eigenvalue weighted by molar-refractivity contribution is 6.30. The van der Waals surface area contributed by atoms with Crippen LogP contribution >= 0.6 is 11.6 Å². The van der Waals surface area contributed by atoms with Crippen molar-refractivity contribution in [2.45, 2.75) is 6.92 Å². The fourth-order valence-electron chi connectivity index (χ4n) is 3.50. The number of benzene rings is 3. The van der Waals surface area contributed by atoms with E-state index in [0.717, 1.165) is 38.8 Å². The zero-order chi connectivity index (χ0) is 18.4. The molecule has 0 aliphatic heterocycles. The van der Waals surface area contributed by atoms with Gasteiger partial charge in [0.25, 0.3) is 0 Å². The molecular formula is C23H16ClN3. The molecule has 0 atom stereocenters. The summed E-state index contributed by atoms with van der Waals surface area (Å²) in [5.74, 6) is 0. The molecule has 0 N–H and O–H groups in total. The molecule has 27 heavy (non-hydrogen) atoms. The first-order valence-electron chi connectivity index (χ1n) is 8.80. The van der Waals surface area contributed by atoms with Crippen LogP contribution in [0.15, 0.2) is 79.0 Å². The molecule has 0 radical (unpaired) electrons. The van der Waals surface area contributed by atoms with Gasteiger partial charge in [0.1, 0.15) is 5.69 Å². The summed E-state index contributed by atoms with van der Waals surface area (Å²) in [5, 5.41) is 7.75. The average molecular weight is 370 g/mol. The lowest BCUT2D eigenvalue weighted by atomic mass is 10.1. The summed E-state index contributed by atoms with van der Waals surface area (Å²) < 4.78 is 1.98. The Kier molecular flexibility index (Phi) is 3.69. The summed E-state index contributed by atoms with van der Waals surface area (Å²) in [4.78, 5) is 4.70. The maximum Gasteiger partial charge on any atom is 0.102 e. The number of pyridine rings is 1. The number of aromatic nitrogens is 3. The minimum atomic E-state index is 0.687. The van der Waals surface area contributed by atoms with E-state index in [-0.39, 0.29) is 0 Å². The minimum absolute atomic E-state index is 0.687. The second kappa shape index (κ2) is 6.22. The lowest BCUT2D eigenvalue weighted by Crippen LogP contribution is -1.97. The van der Waals surface area contributed by atoms with Gasteiger partial charge in [-0.05, 0) is 36.8 Å². The van der Waals surface area contributed by atoms with Crippen molar-refractivity contribution < 1.29 is 0 Å². The van der Waals surface area contributed by atoms with Crippen molar-refractivity contribution in [1.82, 2.24) is 14.8 Å². The second-order valence-electron chi connectivity index (χ2n) is 6.65. The number of rotatable bonds is 2. The Bertz CT molecular complexity index is 1290. The van der Waals surface area contributed by atoms with Gasteiger partial charge in [0.15, 0.2) is 0 Å². The van der Waals surface area contributed by atoms with E-state index in [4.69, 9.17) is 21.7 Å². The molecule has 0 amide bonds. The van der Waals surface area contributed by atoms with Crippen molar-refractivity contribution in [2.24, 2.45) is 0 Å². The standard InChI is InChI=1S/C23H16ClN3/c1-15-10-11-19-21(12-15)25-14-20-22(16-6-3-2-4-7-16)26-27(23(19)20)18-9-5-8-17(24)13-18/h2-14H,1H3. The first-order chi connectivity index (χ1) is 13.2. The van der Waals surface area contributed by atoms with E-state index in [2.05, 4.69) is 37.3 Å². The topological polar surface area (TPSA) is 30.7 Å². The van der Waals surface area contributed by atoms with Crippen LogP contribution in [-0.4, -0.2) is 14.8 Å². The molecule has 0 aliphatic carbocycles. The fraction of sp³-hybridized carbons (Fsp3) is 0.0435. The van der Waals surface area contributed by atoms with Gasteiger partial charge in [-0.1, -0.05) is 60.1 Å². The van der Waals surface area contributed by atoms with Crippen molar-refractivity contribution >= 4 is 33.4 Å². The van der Waals surface area contributed by atoms with Crippen molar-refractivity contribution in [2.75, 3.05) is 0 Å². The predicted molar refractivity (Wildman–Crippen MR) is 112 cm³/mol. The van der Waals surface area contributed by atoms with E-state index in [0.29, 0.717) is 5.02 Å². The largest absolute Gasteiger partial charge is 0.255 e. The molecule has 0 saturated heterocycles. The van der Waals surface area contributed by atoms with Gasteiger partial charge in [0.2, 0.25) is 0 Å². The molecule has 130 valence electrons. The van der Waals surface area contributed by atoms with Crippen LogP contribution in [0.25, 0.3) is 38.8 Å². The van der Waals surface area contributed by atoms with Crippen molar-refractivity contribution in [3.8, 4) is 16.9 Å². The number of aryl methyl sites for hydroxylation is 1. The van der Waals surface area contributed by atoms with Crippen LogP contribution < -0.4 is 0 Å². The number of nitrogens with zero attached hydrogens (tertiary/aromatic N) is 3. The normalized spacial score (nSPS) is 11.3. The van der Waals surface area contributed by atoms with Gasteiger partial charge in [0, 0.05) is 27.6 Å². The third-order valence-corrected chi connectivity index (χ3v) is 5.00. The zero-order valence-corrected chi connectivity index (χ0v) is 15.5. The highest BCUT2D eigenvalue weighted by Crippen LogP contribution is 2.34. The molecule has 5 aromatic rings. The van der Waals surface area contributed by atoms with Gasteiger partial charge in [-0.2, -0.15) is 5.10 Å². The molecule has 2 aromatic heterocycles. The summed E-state index contributed by atoms with van der Waals surface area (Å²) in [7, 11) is 0. The van der Waals surface area contributed by atoms with E-state index in [9.17, 15) is 0 Å². The quantitative estimate of drug-likeness (QED) is 0.370. The van der Waals surface area contributed by atoms with Crippen LogP contribution in [0.1, 0.15) is 5.56 Å². The van der Waals surface area contributed by atoms with E-state index in [1.165, 1.54) is 5.56 Å². The van der Waals surface area contributed by atoms with Crippen LogP contribution in [0.5, 0.6) is 0 Å². The Morgan fingerprint density at radius 1 is 0.852 bits per heavy atom. The summed E-state index contributed by atoms with van der Waals surface area (Å²) in [6.45, 7) is 2.08. The fourth-order valence-corrected chi connectivity index (χ4v) is 3.68. The van der Waals surface area contributed by atoms with Gasteiger partial charge >= 0.3 is 0 Å².